The molecule has 11 heteroatoms. The van der Waals surface area contributed by atoms with Crippen molar-refractivity contribution in [3.8, 4) is 23.0 Å². The number of hydrogen-bond donors (Lipinski definition) is 0. The molecule has 3 amide bonds. The van der Waals surface area contributed by atoms with Crippen LogP contribution in [-0.4, -0.2) is 79.8 Å². The molecule has 246 valence electrons. The Labute approximate surface area is 277 Å². The molecule has 0 bridgehead atoms. The van der Waals surface area contributed by atoms with E-state index in [1.54, 1.807) is 31.5 Å². The fourth-order valence-electron chi connectivity index (χ4n) is 6.18. The summed E-state index contributed by atoms with van der Waals surface area (Å²) in [5, 5.41) is 2.66. The van der Waals surface area contributed by atoms with E-state index in [0.29, 0.717) is 34.8 Å². The molecule has 2 aliphatic rings. The Kier molecular flexibility index (Phi) is 9.04. The van der Waals surface area contributed by atoms with Gasteiger partial charge in [-0.3, -0.25) is 14.7 Å². The summed E-state index contributed by atoms with van der Waals surface area (Å²) in [4.78, 5) is 35.7. The number of ether oxygens (including phenoxy) is 4. The van der Waals surface area contributed by atoms with Crippen molar-refractivity contribution < 1.29 is 32.9 Å². The number of fused-ring (bicyclic) bond motifs is 2. The molecule has 2 aliphatic heterocycles. The van der Waals surface area contributed by atoms with Gasteiger partial charge in [0.25, 0.3) is 5.91 Å². The van der Waals surface area contributed by atoms with Crippen LogP contribution in [0.5, 0.6) is 23.0 Å². The van der Waals surface area contributed by atoms with E-state index < -0.39 is 17.8 Å². The van der Waals surface area contributed by atoms with Gasteiger partial charge in [0.2, 0.25) is 0 Å². The van der Waals surface area contributed by atoms with Crippen molar-refractivity contribution in [3.05, 3.63) is 96.4 Å². The van der Waals surface area contributed by atoms with Gasteiger partial charge in [-0.25, -0.2) is 14.1 Å². The molecule has 0 N–H and O–H groups in total. The number of hydrogen-bond acceptors (Lipinski definition) is 8. The fraction of sp³-hybridized carbons (Fsp3) is 0.270. The van der Waals surface area contributed by atoms with Crippen LogP contribution < -0.4 is 19.1 Å². The van der Waals surface area contributed by atoms with E-state index in [1.165, 1.54) is 17.0 Å². The van der Waals surface area contributed by atoms with Crippen LogP contribution in [0.2, 0.25) is 0 Å². The van der Waals surface area contributed by atoms with Crippen molar-refractivity contribution in [1.82, 2.24) is 14.8 Å². The minimum absolute atomic E-state index is 0.0691. The molecule has 0 saturated carbocycles. The summed E-state index contributed by atoms with van der Waals surface area (Å²) in [6.07, 6.45) is 2.43. The minimum Gasteiger partial charge on any atom is -0.493 e. The van der Waals surface area contributed by atoms with E-state index in [4.69, 9.17) is 18.9 Å². The number of rotatable bonds is 11. The van der Waals surface area contributed by atoms with Crippen LogP contribution in [0, 0.1) is 5.82 Å². The molecule has 0 radical (unpaired) electrons. The normalized spacial score (nSPS) is 15.5. The number of benzene rings is 4. The fourth-order valence-corrected chi connectivity index (χ4v) is 6.18. The molecule has 4 aromatic carbocycles. The quantitative estimate of drug-likeness (QED) is 0.120. The largest absolute Gasteiger partial charge is 0.493 e. The third kappa shape index (κ3) is 6.47. The van der Waals surface area contributed by atoms with Gasteiger partial charge in [-0.15, -0.1) is 0 Å². The summed E-state index contributed by atoms with van der Waals surface area (Å²) >= 11 is 0. The summed E-state index contributed by atoms with van der Waals surface area (Å²) < 4.78 is 38.6. The topological polar surface area (TPSA) is 93.7 Å². The second kappa shape index (κ2) is 13.8. The zero-order chi connectivity index (χ0) is 33.0. The number of pyridine rings is 1. The SMILES string of the molecule is COc1cc2c(Oc3ccc(N4C(=O)CN(Cc5cccc6ccccc56)C4=O)cc3F)ccnc2cc1OCCCN1CCOCC1. The number of nitrogens with zero attached hydrogens (tertiary/aromatic N) is 4. The Hall–Kier alpha value is -5.26. The number of anilines is 1. The van der Waals surface area contributed by atoms with Crippen LogP contribution in [-0.2, 0) is 16.1 Å². The summed E-state index contributed by atoms with van der Waals surface area (Å²) in [5.74, 6) is 0.194. The van der Waals surface area contributed by atoms with Crippen molar-refractivity contribution in [1.29, 1.82) is 0 Å². The lowest BCUT2D eigenvalue weighted by molar-refractivity contribution is -0.116. The number of halogens is 1. The van der Waals surface area contributed by atoms with Gasteiger partial charge in [-0.1, -0.05) is 42.5 Å². The molecule has 2 fully saturated rings. The lowest BCUT2D eigenvalue weighted by Gasteiger charge is -2.26. The Bertz CT molecular complexity index is 1980. The van der Waals surface area contributed by atoms with E-state index in [2.05, 4.69) is 9.88 Å². The van der Waals surface area contributed by atoms with E-state index in [9.17, 15) is 9.59 Å². The highest BCUT2D eigenvalue weighted by Crippen LogP contribution is 2.38. The summed E-state index contributed by atoms with van der Waals surface area (Å²) in [5.41, 5.74) is 1.65. The maximum atomic E-state index is 15.5. The van der Waals surface area contributed by atoms with Crippen molar-refractivity contribution in [3.63, 3.8) is 0 Å². The van der Waals surface area contributed by atoms with Crippen molar-refractivity contribution in [2.24, 2.45) is 0 Å². The number of morpholine rings is 1. The number of methoxy groups -OCH3 is 1. The van der Waals surface area contributed by atoms with E-state index in [1.807, 2.05) is 42.5 Å². The average molecular weight is 651 g/mol. The molecule has 0 spiro atoms. The van der Waals surface area contributed by atoms with Gasteiger partial charge in [0.15, 0.2) is 23.1 Å². The summed E-state index contributed by atoms with van der Waals surface area (Å²) in [6, 6.07) is 22.5. The first kappa shape index (κ1) is 31.3. The molecule has 10 nitrogen and oxygen atoms in total. The number of carbonyl (C=O) groups is 2. The third-order valence-electron chi connectivity index (χ3n) is 8.64. The number of carbonyl (C=O) groups excluding carboxylic acids is 2. The molecule has 1 aromatic heterocycles. The van der Waals surface area contributed by atoms with Crippen LogP contribution in [0.25, 0.3) is 21.7 Å². The van der Waals surface area contributed by atoms with E-state index >= 15 is 4.39 Å². The standard InChI is InChI=1S/C37H35FN4O6/c1-45-34-21-29-31(22-35(34)47-17-5-14-40-15-18-46-19-16-40)39-13-12-32(29)48-33-11-10-27(20-30(33)38)42-36(43)24-41(37(42)44)23-26-8-4-7-25-6-2-3-9-28(25)26/h2-4,6-13,20-22H,5,14-19,23-24H2,1H3. The van der Waals surface area contributed by atoms with Gasteiger partial charge in [0, 0.05) is 49.9 Å². The van der Waals surface area contributed by atoms with Crippen LogP contribution in [0.1, 0.15) is 12.0 Å². The zero-order valence-electron chi connectivity index (χ0n) is 26.6. The maximum Gasteiger partial charge on any atom is 0.332 e. The lowest BCUT2D eigenvalue weighted by Crippen LogP contribution is -2.37. The van der Waals surface area contributed by atoms with Crippen molar-refractivity contribution >= 4 is 39.3 Å². The van der Waals surface area contributed by atoms with Crippen LogP contribution in [0.3, 0.4) is 0 Å². The molecule has 0 atom stereocenters. The molecule has 7 rings (SSSR count). The molecule has 5 aromatic rings. The average Bonchev–Trinajstić information content (AvgIpc) is 3.39. The van der Waals surface area contributed by atoms with Crippen molar-refractivity contribution in [2.75, 3.05) is 58.0 Å². The van der Waals surface area contributed by atoms with Crippen LogP contribution >= 0.6 is 0 Å². The Balaban J connectivity index is 1.05. The van der Waals surface area contributed by atoms with Gasteiger partial charge >= 0.3 is 6.03 Å². The second-order valence-electron chi connectivity index (χ2n) is 11.7. The van der Waals surface area contributed by atoms with E-state index in [0.717, 1.165) is 66.6 Å². The molecule has 48 heavy (non-hydrogen) atoms. The highest BCUT2D eigenvalue weighted by atomic mass is 19.1. The third-order valence-corrected chi connectivity index (χ3v) is 8.64. The van der Waals surface area contributed by atoms with Crippen LogP contribution in [0.4, 0.5) is 14.9 Å². The maximum absolute atomic E-state index is 15.5. The molecular formula is C37H35FN4O6. The predicted octanol–water partition coefficient (Wildman–Crippen LogP) is 6.40. The molecule has 0 unspecified atom stereocenters. The first-order valence-electron chi connectivity index (χ1n) is 15.9. The number of urea groups is 1. The Morgan fingerprint density at radius 3 is 2.54 bits per heavy atom. The van der Waals surface area contributed by atoms with Gasteiger partial charge in [-0.2, -0.15) is 0 Å². The first-order chi connectivity index (χ1) is 23.5. The monoisotopic (exact) mass is 650 g/mol. The predicted molar refractivity (Wildman–Crippen MR) is 179 cm³/mol. The van der Waals surface area contributed by atoms with Crippen LogP contribution in [0.15, 0.2) is 85.1 Å². The van der Waals surface area contributed by atoms with Gasteiger partial charge < -0.3 is 23.8 Å². The van der Waals surface area contributed by atoms with Crippen molar-refractivity contribution in [2.45, 2.75) is 13.0 Å². The Morgan fingerprint density at radius 1 is 0.875 bits per heavy atom. The molecule has 3 heterocycles. The van der Waals surface area contributed by atoms with Gasteiger partial charge in [0.05, 0.1) is 38.1 Å². The number of imide groups is 1. The smallest absolute Gasteiger partial charge is 0.332 e. The highest BCUT2D eigenvalue weighted by Gasteiger charge is 2.37. The minimum atomic E-state index is -0.724. The molecule has 0 aliphatic carbocycles. The summed E-state index contributed by atoms with van der Waals surface area (Å²) in [7, 11) is 1.56. The highest BCUT2D eigenvalue weighted by molar-refractivity contribution is 6.19. The second-order valence-corrected chi connectivity index (χ2v) is 11.7. The molecular weight excluding hydrogens is 615 g/mol. The first-order valence-corrected chi connectivity index (χ1v) is 15.9. The van der Waals surface area contributed by atoms with Gasteiger partial charge in [0.1, 0.15) is 12.3 Å². The number of amides is 3. The lowest BCUT2D eigenvalue weighted by atomic mass is 10.0. The van der Waals surface area contributed by atoms with Gasteiger partial charge in [-0.05, 0) is 47.0 Å². The molecule has 2 saturated heterocycles. The summed E-state index contributed by atoms with van der Waals surface area (Å²) in [6.45, 7) is 4.95. The zero-order valence-corrected chi connectivity index (χ0v) is 26.6. The number of aromatic nitrogens is 1. The Morgan fingerprint density at radius 2 is 1.71 bits per heavy atom. The van der Waals surface area contributed by atoms with E-state index in [-0.39, 0.29) is 24.5 Å².